The third kappa shape index (κ3) is 3.09. The Balaban J connectivity index is 2.69. The number of carboxylic acids is 1. The number of carbonyl (C=O) groups excluding carboxylic acids is 1. The largest absolute Gasteiger partial charge is 0.479 e. The highest BCUT2D eigenvalue weighted by molar-refractivity contribution is 5.91. The summed E-state index contributed by atoms with van der Waals surface area (Å²) in [6.07, 6.45) is -1.13. The number of esters is 1. The van der Waals surface area contributed by atoms with Crippen LogP contribution < -0.4 is 0 Å². The molecule has 0 aromatic heterocycles. The molecule has 0 amide bonds. The van der Waals surface area contributed by atoms with E-state index in [1.807, 2.05) is 6.92 Å². The predicted octanol–water partition coefficient (Wildman–Crippen LogP) is 1.62. The van der Waals surface area contributed by atoms with Crippen molar-refractivity contribution in [1.29, 1.82) is 0 Å². The van der Waals surface area contributed by atoms with Gasteiger partial charge in [0.15, 0.2) is 6.10 Å². The van der Waals surface area contributed by atoms with E-state index in [0.29, 0.717) is 5.56 Å². The molecule has 4 nitrogen and oxygen atoms in total. The number of carboxylic acid groups (broad SMARTS) is 1. The van der Waals surface area contributed by atoms with Gasteiger partial charge in [-0.25, -0.2) is 9.59 Å². The molecule has 0 spiro atoms. The van der Waals surface area contributed by atoms with Gasteiger partial charge in [-0.05, 0) is 26.0 Å². The number of ether oxygens (including phenoxy) is 1. The Morgan fingerprint density at radius 1 is 1.27 bits per heavy atom. The van der Waals surface area contributed by atoms with Crippen LogP contribution in [0, 0.1) is 6.92 Å². The fraction of sp³-hybridized carbons (Fsp3) is 0.273. The van der Waals surface area contributed by atoms with Crippen molar-refractivity contribution in [3.63, 3.8) is 0 Å². The highest BCUT2D eigenvalue weighted by atomic mass is 16.6. The molecule has 0 aliphatic heterocycles. The minimum Gasteiger partial charge on any atom is -0.479 e. The zero-order chi connectivity index (χ0) is 11.4. The lowest BCUT2D eigenvalue weighted by molar-refractivity contribution is -0.146. The molecule has 0 saturated heterocycles. The first kappa shape index (κ1) is 11.2. The van der Waals surface area contributed by atoms with E-state index < -0.39 is 18.0 Å². The summed E-state index contributed by atoms with van der Waals surface area (Å²) < 4.78 is 4.70. The van der Waals surface area contributed by atoms with E-state index in [1.54, 1.807) is 24.3 Å². The van der Waals surface area contributed by atoms with E-state index in [1.165, 1.54) is 6.92 Å². The Morgan fingerprint density at radius 2 is 1.80 bits per heavy atom. The number of aryl methyl sites for hydroxylation is 1. The molecular formula is C11H12O4. The fourth-order valence-electron chi connectivity index (χ4n) is 0.969. The smallest absolute Gasteiger partial charge is 0.344 e. The molecule has 1 unspecified atom stereocenters. The maximum absolute atomic E-state index is 11.4. The standard InChI is InChI=1S/C11H12O4/c1-7-3-5-9(6-4-7)11(14)15-8(2)10(12)13/h3-6,8H,1-2H3,(H,12,13). The van der Waals surface area contributed by atoms with E-state index >= 15 is 0 Å². The Kier molecular flexibility index (Phi) is 3.44. The summed E-state index contributed by atoms with van der Waals surface area (Å²) >= 11 is 0. The van der Waals surface area contributed by atoms with Gasteiger partial charge in [0, 0.05) is 0 Å². The zero-order valence-corrected chi connectivity index (χ0v) is 8.56. The molecule has 80 valence electrons. The van der Waals surface area contributed by atoms with Gasteiger partial charge in [-0.2, -0.15) is 0 Å². The van der Waals surface area contributed by atoms with Crippen molar-refractivity contribution in [3.05, 3.63) is 35.4 Å². The fourth-order valence-corrected chi connectivity index (χ4v) is 0.969. The van der Waals surface area contributed by atoms with E-state index in [0.717, 1.165) is 5.56 Å². The van der Waals surface area contributed by atoms with Crippen LogP contribution >= 0.6 is 0 Å². The molecule has 1 rings (SSSR count). The van der Waals surface area contributed by atoms with E-state index in [-0.39, 0.29) is 0 Å². The topological polar surface area (TPSA) is 63.6 Å². The van der Waals surface area contributed by atoms with Crippen molar-refractivity contribution in [3.8, 4) is 0 Å². The minimum atomic E-state index is -1.16. The van der Waals surface area contributed by atoms with Crippen molar-refractivity contribution >= 4 is 11.9 Å². The molecule has 1 aromatic rings. The van der Waals surface area contributed by atoms with Crippen LogP contribution in [0.5, 0.6) is 0 Å². The summed E-state index contributed by atoms with van der Waals surface area (Å²) in [5.41, 5.74) is 1.38. The summed E-state index contributed by atoms with van der Waals surface area (Å²) in [6, 6.07) is 6.74. The van der Waals surface area contributed by atoms with E-state index in [4.69, 9.17) is 9.84 Å². The quantitative estimate of drug-likeness (QED) is 0.767. The molecule has 0 aliphatic carbocycles. The van der Waals surface area contributed by atoms with Gasteiger partial charge < -0.3 is 9.84 Å². The molecule has 15 heavy (non-hydrogen) atoms. The van der Waals surface area contributed by atoms with Gasteiger partial charge in [0.05, 0.1) is 5.56 Å². The van der Waals surface area contributed by atoms with Crippen LogP contribution in [0.2, 0.25) is 0 Å². The van der Waals surface area contributed by atoms with E-state index in [2.05, 4.69) is 0 Å². The lowest BCUT2D eigenvalue weighted by Gasteiger charge is -2.08. The third-order valence-electron chi connectivity index (χ3n) is 1.92. The van der Waals surface area contributed by atoms with Crippen molar-refractivity contribution < 1.29 is 19.4 Å². The van der Waals surface area contributed by atoms with Crippen LogP contribution in [0.3, 0.4) is 0 Å². The Hall–Kier alpha value is -1.84. The van der Waals surface area contributed by atoms with Gasteiger partial charge in [0.2, 0.25) is 0 Å². The number of hydrogen-bond donors (Lipinski definition) is 1. The second kappa shape index (κ2) is 4.59. The SMILES string of the molecule is Cc1ccc(C(=O)OC(C)C(=O)O)cc1. The molecule has 1 aromatic carbocycles. The highest BCUT2D eigenvalue weighted by Gasteiger charge is 2.17. The van der Waals surface area contributed by atoms with Crippen LogP contribution in [0.4, 0.5) is 0 Å². The first-order chi connectivity index (χ1) is 7.00. The maximum Gasteiger partial charge on any atom is 0.344 e. The normalized spacial score (nSPS) is 11.9. The molecule has 0 saturated carbocycles. The minimum absolute atomic E-state index is 0.355. The first-order valence-electron chi connectivity index (χ1n) is 4.51. The third-order valence-corrected chi connectivity index (χ3v) is 1.92. The first-order valence-corrected chi connectivity index (χ1v) is 4.51. The van der Waals surface area contributed by atoms with Crippen LogP contribution in [0.1, 0.15) is 22.8 Å². The maximum atomic E-state index is 11.4. The monoisotopic (exact) mass is 208 g/mol. The summed E-state index contributed by atoms with van der Waals surface area (Å²) in [4.78, 5) is 21.8. The summed E-state index contributed by atoms with van der Waals surface area (Å²) in [6.45, 7) is 3.21. The average Bonchev–Trinajstić information content (AvgIpc) is 2.18. The van der Waals surface area contributed by atoms with Crippen LogP contribution in [0.15, 0.2) is 24.3 Å². The van der Waals surface area contributed by atoms with Crippen molar-refractivity contribution in [1.82, 2.24) is 0 Å². The zero-order valence-electron chi connectivity index (χ0n) is 8.56. The number of carbonyl (C=O) groups is 2. The Bertz CT molecular complexity index is 367. The van der Waals surface area contributed by atoms with Crippen LogP contribution in [0.25, 0.3) is 0 Å². The van der Waals surface area contributed by atoms with Gasteiger partial charge in [-0.1, -0.05) is 17.7 Å². The van der Waals surface area contributed by atoms with Crippen molar-refractivity contribution in [2.24, 2.45) is 0 Å². The molecule has 0 bridgehead atoms. The number of rotatable bonds is 3. The predicted molar refractivity (Wildman–Crippen MR) is 53.7 cm³/mol. The molecule has 0 aliphatic rings. The second-order valence-electron chi connectivity index (χ2n) is 3.25. The Labute approximate surface area is 87.5 Å². The van der Waals surface area contributed by atoms with Gasteiger partial charge >= 0.3 is 11.9 Å². The van der Waals surface area contributed by atoms with Crippen LogP contribution in [-0.2, 0) is 9.53 Å². The van der Waals surface area contributed by atoms with Crippen molar-refractivity contribution in [2.45, 2.75) is 20.0 Å². The Morgan fingerprint density at radius 3 is 2.27 bits per heavy atom. The highest BCUT2D eigenvalue weighted by Crippen LogP contribution is 2.06. The summed E-state index contributed by atoms with van der Waals surface area (Å²) in [7, 11) is 0. The number of benzene rings is 1. The van der Waals surface area contributed by atoms with Gasteiger partial charge in [0.25, 0.3) is 0 Å². The molecule has 0 fully saturated rings. The van der Waals surface area contributed by atoms with E-state index in [9.17, 15) is 9.59 Å². The van der Waals surface area contributed by atoms with Gasteiger partial charge in [0.1, 0.15) is 0 Å². The molecular weight excluding hydrogens is 196 g/mol. The molecule has 1 N–H and O–H groups in total. The average molecular weight is 208 g/mol. The van der Waals surface area contributed by atoms with Crippen LogP contribution in [-0.4, -0.2) is 23.1 Å². The summed E-state index contributed by atoms with van der Waals surface area (Å²) in [5.74, 6) is -1.78. The molecule has 0 radical (unpaired) electrons. The lowest BCUT2D eigenvalue weighted by atomic mass is 10.1. The van der Waals surface area contributed by atoms with Crippen molar-refractivity contribution in [2.75, 3.05) is 0 Å². The second-order valence-corrected chi connectivity index (χ2v) is 3.25. The van der Waals surface area contributed by atoms with Gasteiger partial charge in [-0.3, -0.25) is 0 Å². The number of aliphatic carboxylic acids is 1. The molecule has 0 heterocycles. The molecule has 1 atom stereocenters. The lowest BCUT2D eigenvalue weighted by Crippen LogP contribution is -2.23. The number of hydrogen-bond acceptors (Lipinski definition) is 3. The molecule has 4 heteroatoms. The van der Waals surface area contributed by atoms with Gasteiger partial charge in [-0.15, -0.1) is 0 Å². The summed E-state index contributed by atoms with van der Waals surface area (Å²) in [5, 5.41) is 8.54.